The Morgan fingerprint density at radius 3 is 2.53 bits per heavy atom. The van der Waals surface area contributed by atoms with Crippen molar-refractivity contribution in [2.75, 3.05) is 11.4 Å². The molecule has 1 amide bonds. The molecule has 1 aromatic heterocycles. The van der Waals surface area contributed by atoms with Crippen LogP contribution in [-0.4, -0.2) is 32.6 Å². The van der Waals surface area contributed by atoms with Crippen LogP contribution in [0.5, 0.6) is 11.5 Å². The second kappa shape index (κ2) is 8.02. The molecule has 2 N–H and O–H groups in total. The fourth-order valence-corrected chi connectivity index (χ4v) is 4.23. The fourth-order valence-electron chi connectivity index (χ4n) is 4.23. The van der Waals surface area contributed by atoms with Gasteiger partial charge >= 0.3 is 6.18 Å². The Hall–Kier alpha value is -4.14. The number of phenols is 2. The molecule has 0 radical (unpaired) electrons. The van der Waals surface area contributed by atoms with Crippen LogP contribution < -0.4 is 4.90 Å². The Morgan fingerprint density at radius 2 is 1.76 bits per heavy atom. The van der Waals surface area contributed by atoms with Crippen LogP contribution in [0.4, 0.5) is 18.9 Å². The zero-order valence-electron chi connectivity index (χ0n) is 17.7. The van der Waals surface area contributed by atoms with E-state index in [2.05, 4.69) is 9.97 Å². The second-order valence-corrected chi connectivity index (χ2v) is 8.02. The lowest BCUT2D eigenvalue weighted by atomic mass is 9.96. The van der Waals surface area contributed by atoms with Gasteiger partial charge < -0.3 is 15.1 Å². The van der Waals surface area contributed by atoms with Crippen LogP contribution in [0.25, 0.3) is 22.2 Å². The summed E-state index contributed by atoms with van der Waals surface area (Å²) in [4.78, 5) is 22.2. The molecule has 0 saturated heterocycles. The van der Waals surface area contributed by atoms with Crippen LogP contribution in [0, 0.1) is 0 Å². The number of aromatic hydroxyl groups is 2. The first-order chi connectivity index (χ1) is 16.2. The standard InChI is InChI=1S/C25H18F3N3O3/c26-25(27,28)24-29-19-6-2-1-5-17(19)22(30-24)15-7-10-20-14(12-15)4-3-11-31(20)23(34)18-9-8-16(32)13-21(18)33/h1-2,5-10,12-13,32-33H,3-4,11H2. The smallest absolute Gasteiger partial charge is 0.451 e. The van der Waals surface area contributed by atoms with Gasteiger partial charge in [-0.1, -0.05) is 24.3 Å². The third kappa shape index (κ3) is 3.79. The molecule has 5 rings (SSSR count). The van der Waals surface area contributed by atoms with Crippen molar-refractivity contribution in [2.45, 2.75) is 19.0 Å². The predicted molar refractivity (Wildman–Crippen MR) is 120 cm³/mol. The molecule has 0 spiro atoms. The molecule has 0 saturated carbocycles. The molecule has 2 heterocycles. The first-order valence-corrected chi connectivity index (χ1v) is 10.5. The molecule has 172 valence electrons. The maximum absolute atomic E-state index is 13.4. The minimum absolute atomic E-state index is 0.0475. The van der Waals surface area contributed by atoms with E-state index in [0.717, 1.165) is 11.6 Å². The number of hydrogen-bond acceptors (Lipinski definition) is 5. The highest BCUT2D eigenvalue weighted by Crippen LogP contribution is 2.37. The fraction of sp³-hybridized carbons (Fsp3) is 0.160. The summed E-state index contributed by atoms with van der Waals surface area (Å²) in [6, 6.07) is 15.4. The number of para-hydroxylation sites is 1. The third-order valence-corrected chi connectivity index (χ3v) is 5.79. The number of benzene rings is 3. The zero-order valence-corrected chi connectivity index (χ0v) is 17.7. The highest BCUT2D eigenvalue weighted by atomic mass is 19.4. The Morgan fingerprint density at radius 1 is 0.971 bits per heavy atom. The molecule has 4 aromatic rings. The molecule has 1 aliphatic heterocycles. The summed E-state index contributed by atoms with van der Waals surface area (Å²) in [7, 11) is 0. The Labute approximate surface area is 191 Å². The summed E-state index contributed by atoms with van der Waals surface area (Å²) < 4.78 is 40.3. The number of hydrogen-bond donors (Lipinski definition) is 2. The van der Waals surface area contributed by atoms with Crippen LogP contribution in [0.3, 0.4) is 0 Å². The van der Waals surface area contributed by atoms with E-state index in [1.54, 1.807) is 36.4 Å². The Bertz CT molecular complexity index is 1440. The van der Waals surface area contributed by atoms with E-state index in [4.69, 9.17) is 0 Å². The molecular formula is C25H18F3N3O3. The van der Waals surface area contributed by atoms with E-state index in [0.29, 0.717) is 36.0 Å². The Kier molecular flexibility index (Phi) is 5.11. The van der Waals surface area contributed by atoms with E-state index in [-0.39, 0.29) is 28.3 Å². The summed E-state index contributed by atoms with van der Waals surface area (Å²) >= 11 is 0. The van der Waals surface area contributed by atoms with Gasteiger partial charge in [-0.3, -0.25) is 4.79 Å². The summed E-state index contributed by atoms with van der Waals surface area (Å²) in [5.41, 5.74) is 2.29. The maximum atomic E-state index is 13.4. The summed E-state index contributed by atoms with van der Waals surface area (Å²) in [5, 5.41) is 20.1. The van der Waals surface area contributed by atoms with Gasteiger partial charge in [-0.15, -0.1) is 0 Å². The number of anilines is 1. The highest BCUT2D eigenvalue weighted by molar-refractivity contribution is 6.08. The Balaban J connectivity index is 1.59. The highest BCUT2D eigenvalue weighted by Gasteiger charge is 2.36. The molecule has 3 aromatic carbocycles. The van der Waals surface area contributed by atoms with Gasteiger partial charge in [0.15, 0.2) is 0 Å². The van der Waals surface area contributed by atoms with Crippen molar-refractivity contribution in [3.63, 3.8) is 0 Å². The van der Waals surface area contributed by atoms with E-state index in [1.807, 2.05) is 0 Å². The van der Waals surface area contributed by atoms with Crippen molar-refractivity contribution in [3.8, 4) is 22.8 Å². The number of aromatic nitrogens is 2. The molecule has 0 bridgehead atoms. The van der Waals surface area contributed by atoms with E-state index >= 15 is 0 Å². The number of alkyl halides is 3. The van der Waals surface area contributed by atoms with E-state index in [9.17, 15) is 28.2 Å². The number of phenolic OH excluding ortho intramolecular Hbond substituents is 2. The molecule has 6 nitrogen and oxygen atoms in total. The lowest BCUT2D eigenvalue weighted by molar-refractivity contribution is -0.144. The van der Waals surface area contributed by atoms with Gasteiger partial charge in [-0.2, -0.15) is 13.2 Å². The molecule has 0 fully saturated rings. The van der Waals surface area contributed by atoms with Crippen molar-refractivity contribution in [3.05, 3.63) is 77.6 Å². The average Bonchev–Trinajstić information content (AvgIpc) is 2.81. The van der Waals surface area contributed by atoms with Crippen LogP contribution in [0.15, 0.2) is 60.7 Å². The maximum Gasteiger partial charge on any atom is 0.451 e. The molecule has 9 heteroatoms. The number of rotatable bonds is 2. The minimum atomic E-state index is -4.69. The SMILES string of the molecule is O=C(c1ccc(O)cc1O)N1CCCc2cc(-c3nc(C(F)(F)F)nc4ccccc34)ccc21. The van der Waals surface area contributed by atoms with Gasteiger partial charge in [0.1, 0.15) is 11.5 Å². The summed E-state index contributed by atoms with van der Waals surface area (Å²) in [6.07, 6.45) is -3.43. The van der Waals surface area contributed by atoms with Crippen molar-refractivity contribution >= 4 is 22.5 Å². The van der Waals surface area contributed by atoms with Crippen molar-refractivity contribution in [2.24, 2.45) is 0 Å². The summed E-state index contributed by atoms with van der Waals surface area (Å²) in [5.74, 6) is -2.13. The number of amides is 1. The van der Waals surface area contributed by atoms with Crippen molar-refractivity contribution in [1.82, 2.24) is 9.97 Å². The number of fused-ring (bicyclic) bond motifs is 2. The van der Waals surface area contributed by atoms with E-state index < -0.39 is 17.9 Å². The van der Waals surface area contributed by atoms with Crippen LogP contribution >= 0.6 is 0 Å². The van der Waals surface area contributed by atoms with Gasteiger partial charge in [0.2, 0.25) is 5.82 Å². The van der Waals surface area contributed by atoms with Crippen LogP contribution in [0.1, 0.15) is 28.2 Å². The van der Waals surface area contributed by atoms with Gasteiger partial charge in [-0.05, 0) is 48.7 Å². The molecule has 34 heavy (non-hydrogen) atoms. The predicted octanol–water partition coefficient (Wildman–Crippen LogP) is 5.32. The number of nitrogens with zero attached hydrogens (tertiary/aromatic N) is 3. The lowest BCUT2D eigenvalue weighted by Gasteiger charge is -2.30. The van der Waals surface area contributed by atoms with Crippen LogP contribution in [0.2, 0.25) is 0 Å². The lowest BCUT2D eigenvalue weighted by Crippen LogP contribution is -2.35. The van der Waals surface area contributed by atoms with Gasteiger partial charge in [-0.25, -0.2) is 9.97 Å². The number of carbonyl (C=O) groups is 1. The molecule has 0 aliphatic carbocycles. The largest absolute Gasteiger partial charge is 0.508 e. The first kappa shape index (κ1) is 21.7. The summed E-state index contributed by atoms with van der Waals surface area (Å²) in [6.45, 7) is 0.417. The van der Waals surface area contributed by atoms with Crippen molar-refractivity contribution < 1.29 is 28.2 Å². The molecular weight excluding hydrogens is 447 g/mol. The van der Waals surface area contributed by atoms with Crippen LogP contribution in [-0.2, 0) is 12.6 Å². The molecule has 1 aliphatic rings. The molecule has 0 atom stereocenters. The normalized spacial score (nSPS) is 13.7. The number of aryl methyl sites for hydroxylation is 1. The van der Waals surface area contributed by atoms with Gasteiger partial charge in [0.05, 0.1) is 16.8 Å². The zero-order chi connectivity index (χ0) is 24.0. The first-order valence-electron chi connectivity index (χ1n) is 10.5. The quantitative estimate of drug-likeness (QED) is 0.419. The van der Waals surface area contributed by atoms with Gasteiger partial charge in [0.25, 0.3) is 5.91 Å². The monoisotopic (exact) mass is 465 g/mol. The average molecular weight is 465 g/mol. The number of carbonyl (C=O) groups excluding carboxylic acids is 1. The number of halogens is 3. The second-order valence-electron chi connectivity index (χ2n) is 8.02. The van der Waals surface area contributed by atoms with Crippen molar-refractivity contribution in [1.29, 1.82) is 0 Å². The van der Waals surface area contributed by atoms with Gasteiger partial charge in [0, 0.05) is 29.2 Å². The molecule has 0 unspecified atom stereocenters. The third-order valence-electron chi connectivity index (χ3n) is 5.79. The van der Waals surface area contributed by atoms with E-state index in [1.165, 1.54) is 23.1 Å². The topological polar surface area (TPSA) is 86.5 Å². The minimum Gasteiger partial charge on any atom is -0.508 e.